The number of thiazole rings is 1. The Morgan fingerprint density at radius 3 is 2.67 bits per heavy atom. The van der Waals surface area contributed by atoms with Gasteiger partial charge in [0.25, 0.3) is 0 Å². The Labute approximate surface area is 96.6 Å². The van der Waals surface area contributed by atoms with Gasteiger partial charge in [-0.05, 0) is 46.6 Å². The van der Waals surface area contributed by atoms with Crippen LogP contribution >= 0.6 is 11.3 Å². The molecular formula is C13H19NS. The van der Waals surface area contributed by atoms with Gasteiger partial charge in [-0.15, -0.1) is 11.3 Å². The van der Waals surface area contributed by atoms with Gasteiger partial charge in [0.2, 0.25) is 0 Å². The summed E-state index contributed by atoms with van der Waals surface area (Å²) in [6.45, 7) is 8.50. The summed E-state index contributed by atoms with van der Waals surface area (Å²) < 4.78 is 0. The maximum absolute atomic E-state index is 4.42. The van der Waals surface area contributed by atoms with Crippen LogP contribution in [-0.2, 0) is 0 Å². The van der Waals surface area contributed by atoms with Gasteiger partial charge in [-0.2, -0.15) is 0 Å². The van der Waals surface area contributed by atoms with Crippen molar-refractivity contribution in [3.8, 4) is 0 Å². The van der Waals surface area contributed by atoms with Gasteiger partial charge in [0.1, 0.15) is 0 Å². The number of rotatable bonds is 4. The first-order valence-corrected chi connectivity index (χ1v) is 6.18. The number of hydrogen-bond acceptors (Lipinski definition) is 2. The zero-order valence-corrected chi connectivity index (χ0v) is 10.8. The third kappa shape index (κ3) is 4.93. The van der Waals surface area contributed by atoms with Gasteiger partial charge in [-0.3, -0.25) is 0 Å². The van der Waals surface area contributed by atoms with Crippen molar-refractivity contribution in [1.29, 1.82) is 0 Å². The Kier molecular flexibility index (Phi) is 4.76. The molecule has 82 valence electrons. The SMILES string of the molecule is CC(C)=CCCC(C)=Cc1csc(C)n1. The lowest BCUT2D eigenvalue weighted by atomic mass is 10.1. The first-order valence-electron chi connectivity index (χ1n) is 5.30. The van der Waals surface area contributed by atoms with Crippen LogP contribution in [0.5, 0.6) is 0 Å². The van der Waals surface area contributed by atoms with Crippen LogP contribution in [0, 0.1) is 6.92 Å². The molecule has 1 aromatic rings. The van der Waals surface area contributed by atoms with E-state index in [9.17, 15) is 0 Å². The summed E-state index contributed by atoms with van der Waals surface area (Å²) in [6.07, 6.45) is 6.72. The second kappa shape index (κ2) is 5.86. The zero-order valence-electron chi connectivity index (χ0n) is 10.0. The Morgan fingerprint density at radius 1 is 1.40 bits per heavy atom. The molecule has 0 aliphatic rings. The molecule has 0 saturated heterocycles. The van der Waals surface area contributed by atoms with Gasteiger partial charge in [0.15, 0.2) is 0 Å². The largest absolute Gasteiger partial charge is 0.242 e. The molecule has 1 nitrogen and oxygen atoms in total. The molecule has 0 radical (unpaired) electrons. The number of nitrogens with zero attached hydrogens (tertiary/aromatic N) is 1. The maximum Gasteiger partial charge on any atom is 0.0901 e. The lowest BCUT2D eigenvalue weighted by Crippen LogP contribution is -1.79. The lowest BCUT2D eigenvalue weighted by molar-refractivity contribution is 0.974. The summed E-state index contributed by atoms with van der Waals surface area (Å²) in [5, 5.41) is 3.25. The molecule has 0 aliphatic heterocycles. The number of hydrogen-bond donors (Lipinski definition) is 0. The molecule has 2 heteroatoms. The monoisotopic (exact) mass is 221 g/mol. The van der Waals surface area contributed by atoms with Crippen molar-refractivity contribution in [3.05, 3.63) is 33.3 Å². The minimum atomic E-state index is 1.10. The van der Waals surface area contributed by atoms with Crippen LogP contribution in [0.25, 0.3) is 6.08 Å². The highest BCUT2D eigenvalue weighted by molar-refractivity contribution is 7.09. The van der Waals surface area contributed by atoms with Crippen molar-refractivity contribution in [2.45, 2.75) is 40.5 Å². The fourth-order valence-electron chi connectivity index (χ4n) is 1.36. The Balaban J connectivity index is 2.50. The summed E-state index contributed by atoms with van der Waals surface area (Å²) in [5.74, 6) is 0. The molecule has 1 heterocycles. The fourth-order valence-corrected chi connectivity index (χ4v) is 1.93. The van der Waals surface area contributed by atoms with E-state index in [1.54, 1.807) is 11.3 Å². The highest BCUT2D eigenvalue weighted by Gasteiger charge is 1.95. The van der Waals surface area contributed by atoms with Crippen LogP contribution < -0.4 is 0 Å². The van der Waals surface area contributed by atoms with Crippen molar-refractivity contribution in [2.24, 2.45) is 0 Å². The summed E-state index contributed by atoms with van der Waals surface area (Å²) in [4.78, 5) is 4.42. The summed E-state index contributed by atoms with van der Waals surface area (Å²) in [7, 11) is 0. The summed E-state index contributed by atoms with van der Waals surface area (Å²) in [5.41, 5.74) is 3.90. The van der Waals surface area contributed by atoms with Crippen LogP contribution in [0.3, 0.4) is 0 Å². The molecular weight excluding hydrogens is 202 g/mol. The molecule has 0 saturated carbocycles. The van der Waals surface area contributed by atoms with Crippen molar-refractivity contribution in [1.82, 2.24) is 4.98 Å². The van der Waals surface area contributed by atoms with E-state index in [1.807, 2.05) is 6.92 Å². The first kappa shape index (κ1) is 12.2. The molecule has 0 bridgehead atoms. The predicted molar refractivity (Wildman–Crippen MR) is 69.2 cm³/mol. The van der Waals surface area contributed by atoms with E-state index in [0.29, 0.717) is 0 Å². The number of allylic oxidation sites excluding steroid dienone is 3. The first-order chi connectivity index (χ1) is 7.08. The van der Waals surface area contributed by atoms with Crippen LogP contribution in [0.1, 0.15) is 44.3 Å². The van der Waals surface area contributed by atoms with Gasteiger partial charge >= 0.3 is 0 Å². The van der Waals surface area contributed by atoms with Gasteiger partial charge in [0.05, 0.1) is 10.7 Å². The summed E-state index contributed by atoms with van der Waals surface area (Å²) >= 11 is 1.71. The third-order valence-electron chi connectivity index (χ3n) is 2.12. The standard InChI is InChI=1S/C13H19NS/c1-10(2)6-5-7-11(3)8-13-9-15-12(4)14-13/h6,8-9H,5,7H2,1-4H3. The van der Waals surface area contributed by atoms with E-state index in [0.717, 1.165) is 23.5 Å². The van der Waals surface area contributed by atoms with Crippen molar-refractivity contribution in [2.75, 3.05) is 0 Å². The molecule has 0 fully saturated rings. The molecule has 1 aromatic heterocycles. The van der Waals surface area contributed by atoms with Gasteiger partial charge < -0.3 is 0 Å². The Morgan fingerprint density at radius 2 is 2.13 bits per heavy atom. The molecule has 0 amide bonds. The molecule has 0 unspecified atom stereocenters. The molecule has 1 rings (SSSR count). The average Bonchev–Trinajstić information content (AvgIpc) is 2.50. The lowest BCUT2D eigenvalue weighted by Gasteiger charge is -1.97. The number of aromatic nitrogens is 1. The van der Waals surface area contributed by atoms with E-state index in [1.165, 1.54) is 11.1 Å². The average molecular weight is 221 g/mol. The van der Waals surface area contributed by atoms with Gasteiger partial charge in [-0.25, -0.2) is 4.98 Å². The molecule has 0 aromatic carbocycles. The molecule has 0 aliphatic carbocycles. The topological polar surface area (TPSA) is 12.9 Å². The zero-order chi connectivity index (χ0) is 11.3. The highest BCUT2D eigenvalue weighted by atomic mass is 32.1. The van der Waals surface area contributed by atoms with E-state index in [2.05, 4.69) is 43.3 Å². The van der Waals surface area contributed by atoms with E-state index >= 15 is 0 Å². The maximum atomic E-state index is 4.42. The van der Waals surface area contributed by atoms with Gasteiger partial charge in [0, 0.05) is 5.38 Å². The smallest absolute Gasteiger partial charge is 0.0901 e. The molecule has 0 N–H and O–H groups in total. The Hall–Kier alpha value is -0.890. The van der Waals surface area contributed by atoms with Crippen molar-refractivity contribution >= 4 is 17.4 Å². The molecule has 0 atom stereocenters. The minimum absolute atomic E-state index is 1.10. The highest BCUT2D eigenvalue weighted by Crippen LogP contribution is 2.14. The van der Waals surface area contributed by atoms with Crippen LogP contribution in [0.2, 0.25) is 0 Å². The fraction of sp³-hybridized carbons (Fsp3) is 0.462. The second-order valence-corrected chi connectivity index (χ2v) is 5.16. The van der Waals surface area contributed by atoms with E-state index in [4.69, 9.17) is 0 Å². The van der Waals surface area contributed by atoms with Gasteiger partial charge in [-0.1, -0.05) is 17.2 Å². The van der Waals surface area contributed by atoms with Crippen LogP contribution in [0.15, 0.2) is 22.6 Å². The number of aryl methyl sites for hydroxylation is 1. The quantitative estimate of drug-likeness (QED) is 0.677. The van der Waals surface area contributed by atoms with Crippen LogP contribution in [-0.4, -0.2) is 4.98 Å². The van der Waals surface area contributed by atoms with E-state index in [-0.39, 0.29) is 0 Å². The molecule has 0 spiro atoms. The van der Waals surface area contributed by atoms with E-state index < -0.39 is 0 Å². The Bertz CT molecular complexity index is 368. The van der Waals surface area contributed by atoms with Crippen molar-refractivity contribution in [3.63, 3.8) is 0 Å². The molecule has 15 heavy (non-hydrogen) atoms. The van der Waals surface area contributed by atoms with Crippen molar-refractivity contribution < 1.29 is 0 Å². The minimum Gasteiger partial charge on any atom is -0.242 e. The predicted octanol–water partition coefficient (Wildman–Crippen LogP) is 4.60. The second-order valence-electron chi connectivity index (χ2n) is 4.10. The summed E-state index contributed by atoms with van der Waals surface area (Å²) in [6, 6.07) is 0. The van der Waals surface area contributed by atoms with Crippen LogP contribution in [0.4, 0.5) is 0 Å². The normalized spacial score (nSPS) is 11.6. The third-order valence-corrected chi connectivity index (χ3v) is 2.91.